The first-order chi connectivity index (χ1) is 12.7. The molecule has 1 aliphatic heterocycles. The molecule has 0 unspecified atom stereocenters. The van der Waals surface area contributed by atoms with Gasteiger partial charge in [-0.1, -0.05) is 12.1 Å². The second-order valence-corrected chi connectivity index (χ2v) is 6.58. The quantitative estimate of drug-likeness (QED) is 0.724. The van der Waals surface area contributed by atoms with Crippen LogP contribution in [-0.4, -0.2) is 62.8 Å². The molecule has 4 nitrogen and oxygen atoms in total. The van der Waals surface area contributed by atoms with Crippen LogP contribution in [0, 0.1) is 5.82 Å². The molecular formula is C21H27FN2O2. The van der Waals surface area contributed by atoms with E-state index in [0.29, 0.717) is 6.61 Å². The summed E-state index contributed by atoms with van der Waals surface area (Å²) in [7, 11) is 1.69. The molecule has 0 radical (unpaired) electrons. The molecule has 5 heteroatoms. The van der Waals surface area contributed by atoms with Crippen molar-refractivity contribution >= 4 is 0 Å². The number of nitrogens with zero attached hydrogens (tertiary/aromatic N) is 2. The van der Waals surface area contributed by atoms with Gasteiger partial charge < -0.3 is 14.4 Å². The van der Waals surface area contributed by atoms with E-state index in [9.17, 15) is 4.39 Å². The number of benzene rings is 2. The van der Waals surface area contributed by atoms with Crippen LogP contribution in [0.15, 0.2) is 48.5 Å². The lowest BCUT2D eigenvalue weighted by Crippen LogP contribution is -2.47. The molecule has 0 atom stereocenters. The van der Waals surface area contributed by atoms with Crippen molar-refractivity contribution in [3.05, 3.63) is 59.9 Å². The first kappa shape index (κ1) is 18.7. The number of rotatable bonds is 8. The molecule has 1 fully saturated rings. The number of halogens is 1. The van der Waals surface area contributed by atoms with E-state index in [1.165, 1.54) is 17.7 Å². The fraction of sp³-hybridized carbons (Fsp3) is 0.429. The van der Waals surface area contributed by atoms with Crippen molar-refractivity contribution in [3.8, 4) is 11.5 Å². The zero-order valence-corrected chi connectivity index (χ0v) is 15.4. The van der Waals surface area contributed by atoms with E-state index < -0.39 is 0 Å². The highest BCUT2D eigenvalue weighted by Crippen LogP contribution is 2.13. The number of piperazine rings is 1. The maximum absolute atomic E-state index is 12.9. The molecule has 0 saturated carbocycles. The van der Waals surface area contributed by atoms with Crippen LogP contribution >= 0.6 is 0 Å². The third-order valence-electron chi connectivity index (χ3n) is 4.83. The summed E-state index contributed by atoms with van der Waals surface area (Å²) in [4.78, 5) is 4.94. The van der Waals surface area contributed by atoms with Crippen molar-refractivity contribution in [3.63, 3.8) is 0 Å². The van der Waals surface area contributed by atoms with Gasteiger partial charge in [-0.05, 0) is 48.4 Å². The van der Waals surface area contributed by atoms with Crippen LogP contribution in [0.25, 0.3) is 0 Å². The fourth-order valence-corrected chi connectivity index (χ4v) is 3.14. The summed E-state index contributed by atoms with van der Waals surface area (Å²) in [6, 6.07) is 14.5. The minimum atomic E-state index is -0.233. The molecule has 2 aromatic carbocycles. The number of ether oxygens (including phenoxy) is 2. The minimum absolute atomic E-state index is 0.233. The Labute approximate surface area is 155 Å². The Balaban J connectivity index is 1.31. The van der Waals surface area contributed by atoms with E-state index in [-0.39, 0.29) is 5.82 Å². The van der Waals surface area contributed by atoms with E-state index in [0.717, 1.165) is 57.2 Å². The van der Waals surface area contributed by atoms with Gasteiger partial charge in [0.1, 0.15) is 23.9 Å². The predicted molar refractivity (Wildman–Crippen MR) is 101 cm³/mol. The predicted octanol–water partition coefficient (Wildman–Crippen LogP) is 3.07. The third kappa shape index (κ3) is 5.71. The fourth-order valence-electron chi connectivity index (χ4n) is 3.14. The second kappa shape index (κ2) is 9.55. The standard InChI is InChI=1S/C21H27FN2O2/c1-25-20-6-2-18(3-7-20)10-11-23-12-14-24(15-13-23)16-17-26-21-8-4-19(22)5-9-21/h2-9H,10-17H2,1H3. The Morgan fingerprint density at radius 3 is 2.00 bits per heavy atom. The number of hydrogen-bond acceptors (Lipinski definition) is 4. The Morgan fingerprint density at radius 1 is 0.808 bits per heavy atom. The monoisotopic (exact) mass is 358 g/mol. The lowest BCUT2D eigenvalue weighted by Gasteiger charge is -2.34. The van der Waals surface area contributed by atoms with Gasteiger partial charge in [0, 0.05) is 39.3 Å². The SMILES string of the molecule is COc1ccc(CCN2CCN(CCOc3ccc(F)cc3)CC2)cc1. The second-order valence-electron chi connectivity index (χ2n) is 6.58. The smallest absolute Gasteiger partial charge is 0.123 e. The summed E-state index contributed by atoms with van der Waals surface area (Å²) in [5, 5.41) is 0. The van der Waals surface area contributed by atoms with Crippen LogP contribution in [0.4, 0.5) is 4.39 Å². The molecule has 0 N–H and O–H groups in total. The van der Waals surface area contributed by atoms with E-state index in [4.69, 9.17) is 9.47 Å². The molecule has 0 spiro atoms. The van der Waals surface area contributed by atoms with Crippen LogP contribution in [0.2, 0.25) is 0 Å². The van der Waals surface area contributed by atoms with E-state index in [1.54, 1.807) is 19.2 Å². The van der Waals surface area contributed by atoms with Gasteiger partial charge in [0.05, 0.1) is 7.11 Å². The average molecular weight is 358 g/mol. The summed E-state index contributed by atoms with van der Waals surface area (Å²) in [6.07, 6.45) is 1.07. The Kier molecular flexibility index (Phi) is 6.86. The molecule has 3 rings (SSSR count). The van der Waals surface area contributed by atoms with Gasteiger partial charge in [-0.15, -0.1) is 0 Å². The van der Waals surface area contributed by atoms with Crippen molar-refractivity contribution in [2.75, 3.05) is 53.0 Å². The van der Waals surface area contributed by atoms with Gasteiger partial charge in [-0.25, -0.2) is 4.39 Å². The van der Waals surface area contributed by atoms with Crippen LogP contribution in [0.1, 0.15) is 5.56 Å². The lowest BCUT2D eigenvalue weighted by molar-refractivity contribution is 0.118. The van der Waals surface area contributed by atoms with E-state index in [2.05, 4.69) is 21.9 Å². The first-order valence-corrected chi connectivity index (χ1v) is 9.19. The molecule has 2 aromatic rings. The summed E-state index contributed by atoms with van der Waals surface area (Å²) < 4.78 is 23.7. The highest BCUT2D eigenvalue weighted by atomic mass is 19.1. The topological polar surface area (TPSA) is 24.9 Å². The van der Waals surface area contributed by atoms with Gasteiger partial charge in [0.25, 0.3) is 0 Å². The number of hydrogen-bond donors (Lipinski definition) is 0. The van der Waals surface area contributed by atoms with Gasteiger partial charge in [-0.3, -0.25) is 4.90 Å². The highest BCUT2D eigenvalue weighted by Gasteiger charge is 2.16. The molecule has 1 aliphatic rings. The molecule has 0 bridgehead atoms. The summed E-state index contributed by atoms with van der Waals surface area (Å²) >= 11 is 0. The minimum Gasteiger partial charge on any atom is -0.497 e. The largest absolute Gasteiger partial charge is 0.497 e. The Bertz CT molecular complexity index is 653. The van der Waals surface area contributed by atoms with Gasteiger partial charge in [-0.2, -0.15) is 0 Å². The van der Waals surface area contributed by atoms with Gasteiger partial charge in [0.2, 0.25) is 0 Å². The molecule has 1 saturated heterocycles. The molecule has 140 valence electrons. The maximum Gasteiger partial charge on any atom is 0.123 e. The first-order valence-electron chi connectivity index (χ1n) is 9.19. The zero-order valence-electron chi connectivity index (χ0n) is 15.4. The third-order valence-corrected chi connectivity index (χ3v) is 4.83. The summed E-state index contributed by atoms with van der Waals surface area (Å²) in [5.74, 6) is 1.40. The summed E-state index contributed by atoms with van der Waals surface area (Å²) in [5.41, 5.74) is 1.35. The van der Waals surface area contributed by atoms with E-state index >= 15 is 0 Å². The Hall–Kier alpha value is -2.11. The number of methoxy groups -OCH3 is 1. The molecular weight excluding hydrogens is 331 g/mol. The molecule has 1 heterocycles. The van der Waals surface area contributed by atoms with Crippen molar-refractivity contribution < 1.29 is 13.9 Å². The molecule has 0 aliphatic carbocycles. The highest BCUT2D eigenvalue weighted by molar-refractivity contribution is 5.27. The van der Waals surface area contributed by atoms with Gasteiger partial charge in [0.15, 0.2) is 0 Å². The molecule has 0 aromatic heterocycles. The van der Waals surface area contributed by atoms with Crippen LogP contribution in [-0.2, 0) is 6.42 Å². The lowest BCUT2D eigenvalue weighted by atomic mass is 10.1. The normalized spacial score (nSPS) is 15.8. The van der Waals surface area contributed by atoms with E-state index in [1.807, 2.05) is 12.1 Å². The van der Waals surface area contributed by atoms with Crippen LogP contribution < -0.4 is 9.47 Å². The Morgan fingerprint density at radius 2 is 1.38 bits per heavy atom. The van der Waals surface area contributed by atoms with Crippen LogP contribution in [0.5, 0.6) is 11.5 Å². The van der Waals surface area contributed by atoms with Crippen molar-refractivity contribution in [1.29, 1.82) is 0 Å². The molecule has 26 heavy (non-hydrogen) atoms. The van der Waals surface area contributed by atoms with Crippen molar-refractivity contribution in [1.82, 2.24) is 9.80 Å². The zero-order chi connectivity index (χ0) is 18.2. The van der Waals surface area contributed by atoms with Crippen molar-refractivity contribution in [2.45, 2.75) is 6.42 Å². The molecule has 0 amide bonds. The van der Waals surface area contributed by atoms with Crippen molar-refractivity contribution in [2.24, 2.45) is 0 Å². The van der Waals surface area contributed by atoms with Crippen LogP contribution in [0.3, 0.4) is 0 Å². The summed E-state index contributed by atoms with van der Waals surface area (Å²) in [6.45, 7) is 6.94. The maximum atomic E-state index is 12.9. The van der Waals surface area contributed by atoms with Gasteiger partial charge >= 0.3 is 0 Å². The average Bonchev–Trinajstić information content (AvgIpc) is 2.69.